The molecule has 35 heavy (non-hydrogen) atoms. The summed E-state index contributed by atoms with van der Waals surface area (Å²) >= 11 is 9.68. The Morgan fingerprint density at radius 3 is 2.34 bits per heavy atom. The van der Waals surface area contributed by atoms with E-state index in [0.717, 1.165) is 54.8 Å². The highest BCUT2D eigenvalue weighted by Crippen LogP contribution is 2.38. The van der Waals surface area contributed by atoms with Crippen molar-refractivity contribution in [2.24, 2.45) is 5.41 Å². The zero-order valence-electron chi connectivity index (χ0n) is 20.4. The third-order valence-electron chi connectivity index (χ3n) is 7.27. The third kappa shape index (κ3) is 6.38. The Labute approximate surface area is 221 Å². The summed E-state index contributed by atoms with van der Waals surface area (Å²) in [5.41, 5.74) is 1.31. The van der Waals surface area contributed by atoms with Crippen LogP contribution in [-0.4, -0.2) is 79.4 Å². The highest BCUT2D eigenvalue weighted by atomic mass is 79.9. The SMILES string of the molecule is Cc1cc(OCC2(CC(=O)N3CCN(C)CC3)CCN(C(=O)c3ccccc3Br)CC2)ccc1Cl. The summed E-state index contributed by atoms with van der Waals surface area (Å²) in [6.07, 6.45) is 1.87. The topological polar surface area (TPSA) is 53.1 Å². The Hall–Kier alpha value is -2.09. The summed E-state index contributed by atoms with van der Waals surface area (Å²) in [5, 5.41) is 0.705. The van der Waals surface area contributed by atoms with E-state index in [4.69, 9.17) is 16.3 Å². The van der Waals surface area contributed by atoms with E-state index in [2.05, 4.69) is 27.9 Å². The van der Waals surface area contributed by atoms with Gasteiger partial charge in [0, 0.05) is 60.6 Å². The summed E-state index contributed by atoms with van der Waals surface area (Å²) in [5.74, 6) is 0.954. The molecule has 0 unspecified atom stereocenters. The summed E-state index contributed by atoms with van der Waals surface area (Å²) in [6, 6.07) is 13.2. The van der Waals surface area contributed by atoms with Crippen LogP contribution in [0.2, 0.25) is 5.02 Å². The molecule has 2 aromatic carbocycles. The van der Waals surface area contributed by atoms with Gasteiger partial charge in [-0.1, -0.05) is 23.7 Å². The molecule has 188 valence electrons. The van der Waals surface area contributed by atoms with Crippen molar-refractivity contribution < 1.29 is 14.3 Å². The van der Waals surface area contributed by atoms with Crippen LogP contribution in [0.4, 0.5) is 0 Å². The Bertz CT molecular complexity index is 1060. The first-order valence-corrected chi connectivity index (χ1v) is 13.3. The number of piperidine rings is 1. The molecule has 4 rings (SSSR count). The van der Waals surface area contributed by atoms with Crippen LogP contribution in [0.1, 0.15) is 35.2 Å². The van der Waals surface area contributed by atoms with Crippen LogP contribution in [0, 0.1) is 12.3 Å². The van der Waals surface area contributed by atoms with Gasteiger partial charge in [0.15, 0.2) is 0 Å². The van der Waals surface area contributed by atoms with Gasteiger partial charge in [-0.25, -0.2) is 0 Å². The molecule has 8 heteroatoms. The molecule has 6 nitrogen and oxygen atoms in total. The minimum Gasteiger partial charge on any atom is -0.493 e. The van der Waals surface area contributed by atoms with Crippen molar-refractivity contribution in [3.05, 3.63) is 63.1 Å². The molecular weight excluding hydrogens is 530 g/mol. The van der Waals surface area contributed by atoms with Crippen LogP contribution in [0.3, 0.4) is 0 Å². The van der Waals surface area contributed by atoms with Crippen molar-refractivity contribution in [3.63, 3.8) is 0 Å². The van der Waals surface area contributed by atoms with E-state index in [9.17, 15) is 9.59 Å². The molecule has 2 aliphatic rings. The fraction of sp³-hybridized carbons (Fsp3) is 0.481. The Morgan fingerprint density at radius 2 is 1.69 bits per heavy atom. The van der Waals surface area contributed by atoms with Gasteiger partial charge in [0.05, 0.1) is 12.2 Å². The first-order chi connectivity index (χ1) is 16.8. The standard InChI is InChI=1S/C27H33BrClN3O3/c1-20-17-21(7-8-24(20)29)35-19-27(18-25(33)31-15-13-30(2)14-16-31)9-11-32(12-10-27)26(34)22-5-3-4-6-23(22)28/h3-8,17H,9-16,18-19H2,1-2H3. The maximum absolute atomic E-state index is 13.3. The number of benzene rings is 2. The maximum atomic E-state index is 13.3. The number of hydrogen-bond acceptors (Lipinski definition) is 4. The van der Waals surface area contributed by atoms with Crippen LogP contribution in [0.15, 0.2) is 46.9 Å². The van der Waals surface area contributed by atoms with Gasteiger partial charge >= 0.3 is 0 Å². The van der Waals surface area contributed by atoms with Crippen LogP contribution in [0.5, 0.6) is 5.75 Å². The minimum atomic E-state index is -0.321. The van der Waals surface area contributed by atoms with Crippen LogP contribution in [-0.2, 0) is 4.79 Å². The van der Waals surface area contributed by atoms with E-state index in [1.807, 2.05) is 59.2 Å². The number of rotatable bonds is 6. The van der Waals surface area contributed by atoms with E-state index in [-0.39, 0.29) is 17.2 Å². The van der Waals surface area contributed by atoms with Crippen molar-refractivity contribution in [2.45, 2.75) is 26.2 Å². The molecule has 0 spiro atoms. The third-order valence-corrected chi connectivity index (χ3v) is 8.39. The number of ether oxygens (including phenoxy) is 1. The second-order valence-corrected chi connectivity index (χ2v) is 11.1. The molecule has 0 bridgehead atoms. The van der Waals surface area contributed by atoms with Gasteiger partial charge < -0.3 is 19.4 Å². The molecule has 0 radical (unpaired) electrons. The zero-order chi connectivity index (χ0) is 25.0. The molecule has 2 saturated heterocycles. The average molecular weight is 563 g/mol. The Morgan fingerprint density at radius 1 is 1.00 bits per heavy atom. The lowest BCUT2D eigenvalue weighted by atomic mass is 9.75. The van der Waals surface area contributed by atoms with Gasteiger partial charge in [0.1, 0.15) is 5.75 Å². The number of piperazine rings is 1. The van der Waals surface area contributed by atoms with Gasteiger partial charge in [0.25, 0.3) is 5.91 Å². The molecule has 2 aliphatic heterocycles. The van der Waals surface area contributed by atoms with E-state index in [0.29, 0.717) is 36.7 Å². The molecule has 0 aliphatic carbocycles. The smallest absolute Gasteiger partial charge is 0.254 e. The molecule has 0 saturated carbocycles. The number of aryl methyl sites for hydroxylation is 1. The number of carbonyl (C=O) groups excluding carboxylic acids is 2. The molecule has 2 aromatic rings. The Balaban J connectivity index is 1.47. The lowest BCUT2D eigenvalue weighted by molar-refractivity contribution is -0.136. The molecule has 2 heterocycles. The fourth-order valence-corrected chi connectivity index (χ4v) is 5.37. The lowest BCUT2D eigenvalue weighted by Gasteiger charge is -2.43. The first-order valence-electron chi connectivity index (χ1n) is 12.2. The van der Waals surface area contributed by atoms with E-state index >= 15 is 0 Å². The van der Waals surface area contributed by atoms with Gasteiger partial charge in [-0.15, -0.1) is 0 Å². The average Bonchev–Trinajstić information content (AvgIpc) is 2.85. The number of nitrogens with zero attached hydrogens (tertiary/aromatic N) is 3. The highest BCUT2D eigenvalue weighted by molar-refractivity contribution is 9.10. The number of likely N-dealkylation sites (N-methyl/N-ethyl adjacent to an activating group) is 1. The summed E-state index contributed by atoms with van der Waals surface area (Å²) < 4.78 is 7.04. The monoisotopic (exact) mass is 561 g/mol. The van der Waals surface area contributed by atoms with E-state index in [1.165, 1.54) is 0 Å². The number of amides is 2. The van der Waals surface area contributed by atoms with Crippen molar-refractivity contribution in [2.75, 3.05) is 52.9 Å². The van der Waals surface area contributed by atoms with Crippen molar-refractivity contribution in [1.82, 2.24) is 14.7 Å². The minimum absolute atomic E-state index is 0.0192. The summed E-state index contributed by atoms with van der Waals surface area (Å²) in [6.45, 7) is 6.89. The van der Waals surface area contributed by atoms with Crippen LogP contribution in [0.25, 0.3) is 0 Å². The highest BCUT2D eigenvalue weighted by Gasteiger charge is 2.40. The van der Waals surface area contributed by atoms with Gasteiger partial charge in [-0.2, -0.15) is 0 Å². The quantitative estimate of drug-likeness (QED) is 0.504. The molecule has 2 amide bonds. The second-order valence-electron chi connectivity index (χ2n) is 9.83. The van der Waals surface area contributed by atoms with E-state index in [1.54, 1.807) is 0 Å². The molecule has 0 N–H and O–H groups in total. The van der Waals surface area contributed by atoms with Crippen molar-refractivity contribution >= 4 is 39.3 Å². The molecule has 2 fully saturated rings. The number of hydrogen-bond donors (Lipinski definition) is 0. The van der Waals surface area contributed by atoms with Gasteiger partial charge in [-0.05, 0) is 78.6 Å². The normalized spacial score (nSPS) is 18.4. The fourth-order valence-electron chi connectivity index (χ4n) is 4.79. The number of likely N-dealkylation sites (tertiary alicyclic amines) is 1. The first kappa shape index (κ1) is 26.0. The van der Waals surface area contributed by atoms with E-state index < -0.39 is 0 Å². The van der Waals surface area contributed by atoms with Crippen molar-refractivity contribution in [1.29, 1.82) is 0 Å². The lowest BCUT2D eigenvalue weighted by Crippen LogP contribution is -2.51. The van der Waals surface area contributed by atoms with Crippen LogP contribution < -0.4 is 4.74 Å². The summed E-state index contributed by atoms with van der Waals surface area (Å²) in [4.78, 5) is 32.6. The molecule has 0 atom stereocenters. The molecule has 0 aromatic heterocycles. The van der Waals surface area contributed by atoms with Gasteiger partial charge in [0.2, 0.25) is 5.91 Å². The zero-order valence-corrected chi connectivity index (χ0v) is 22.8. The number of carbonyl (C=O) groups is 2. The Kier molecular flexibility index (Phi) is 8.40. The number of halogens is 2. The largest absolute Gasteiger partial charge is 0.493 e. The predicted molar refractivity (Wildman–Crippen MR) is 142 cm³/mol. The molecular formula is C27H33BrClN3O3. The van der Waals surface area contributed by atoms with Crippen LogP contribution >= 0.6 is 27.5 Å². The summed E-state index contributed by atoms with van der Waals surface area (Å²) in [7, 11) is 2.09. The predicted octanol–water partition coefficient (Wildman–Crippen LogP) is 4.88. The second kappa shape index (κ2) is 11.3. The van der Waals surface area contributed by atoms with Gasteiger partial charge in [-0.3, -0.25) is 9.59 Å². The van der Waals surface area contributed by atoms with Crippen molar-refractivity contribution in [3.8, 4) is 5.75 Å². The maximum Gasteiger partial charge on any atom is 0.254 e.